The minimum Gasteiger partial charge on any atom is -0.507 e. The number of amides is 1. The summed E-state index contributed by atoms with van der Waals surface area (Å²) >= 11 is 0. The van der Waals surface area contributed by atoms with Crippen LogP contribution in [0.1, 0.15) is 27.9 Å². The fourth-order valence-electron chi connectivity index (χ4n) is 3.33. The van der Waals surface area contributed by atoms with Gasteiger partial charge in [-0.3, -0.25) is 4.79 Å². The van der Waals surface area contributed by atoms with Gasteiger partial charge in [0.15, 0.2) is 16.4 Å². The van der Waals surface area contributed by atoms with Crippen molar-refractivity contribution in [2.24, 2.45) is 0 Å². The van der Waals surface area contributed by atoms with E-state index in [2.05, 4.69) is 0 Å². The lowest BCUT2D eigenvalue weighted by Gasteiger charge is -2.28. The van der Waals surface area contributed by atoms with Gasteiger partial charge in [0.2, 0.25) is 0 Å². The second-order valence-corrected chi connectivity index (χ2v) is 9.34. The van der Waals surface area contributed by atoms with Gasteiger partial charge in [0.1, 0.15) is 11.3 Å². The molecular formula is C21H23NO6S. The minimum atomic E-state index is -3.19. The number of sulfone groups is 1. The summed E-state index contributed by atoms with van der Waals surface area (Å²) in [5, 5.41) is 10.0. The van der Waals surface area contributed by atoms with Crippen LogP contribution in [0.2, 0.25) is 0 Å². The summed E-state index contributed by atoms with van der Waals surface area (Å²) < 4.78 is 28.9. The highest BCUT2D eigenvalue weighted by Crippen LogP contribution is 2.23. The minimum absolute atomic E-state index is 0.0177. The lowest BCUT2D eigenvalue weighted by atomic mass is 10.1. The largest absolute Gasteiger partial charge is 0.507 e. The van der Waals surface area contributed by atoms with Gasteiger partial charge in [-0.1, -0.05) is 42.5 Å². The molecule has 1 heterocycles. The number of hydrogen-bond donors (Lipinski definition) is 1. The van der Waals surface area contributed by atoms with Gasteiger partial charge in [-0.2, -0.15) is 0 Å². The normalized spacial score (nSPS) is 17.6. The zero-order valence-electron chi connectivity index (χ0n) is 16.1. The van der Waals surface area contributed by atoms with E-state index >= 15 is 0 Å². The number of para-hydroxylation sites is 1. The Balaban J connectivity index is 1.72. The first kappa shape index (κ1) is 20.9. The first-order chi connectivity index (χ1) is 13.8. The number of carbonyl (C=O) groups is 2. The fourth-order valence-corrected chi connectivity index (χ4v) is 5.06. The van der Waals surface area contributed by atoms with Crippen LogP contribution >= 0.6 is 0 Å². The Kier molecular flexibility index (Phi) is 6.22. The number of carbonyl (C=O) groups excluding carboxylic acids is 2. The van der Waals surface area contributed by atoms with Crippen LogP contribution in [-0.4, -0.2) is 54.5 Å². The molecule has 3 rings (SSSR count). The van der Waals surface area contributed by atoms with E-state index in [1.807, 2.05) is 30.3 Å². The van der Waals surface area contributed by atoms with E-state index in [9.17, 15) is 23.1 Å². The van der Waals surface area contributed by atoms with Crippen LogP contribution < -0.4 is 0 Å². The molecule has 0 spiro atoms. The quantitative estimate of drug-likeness (QED) is 0.722. The molecule has 0 bridgehead atoms. The van der Waals surface area contributed by atoms with Crippen LogP contribution in [0.3, 0.4) is 0 Å². The summed E-state index contributed by atoms with van der Waals surface area (Å²) in [4.78, 5) is 26.6. The Labute approximate surface area is 169 Å². The van der Waals surface area contributed by atoms with E-state index in [-0.39, 0.29) is 29.4 Å². The molecule has 0 aliphatic carbocycles. The molecule has 7 nitrogen and oxygen atoms in total. The average molecular weight is 417 g/mol. The predicted octanol–water partition coefficient (Wildman–Crippen LogP) is 2.07. The molecule has 1 saturated heterocycles. The third kappa shape index (κ3) is 5.14. The standard InChI is InChI=1S/C21H23NO6S/c1-15-6-5-9-18(20(15)24)21(25)28-13-19(23)22(12-16-7-3-2-4-8-16)17-10-11-29(26,27)14-17/h2-9,17,24H,10-14H2,1H3/t17-/m1/s1. The summed E-state index contributed by atoms with van der Waals surface area (Å²) in [5.74, 6) is -1.53. The van der Waals surface area contributed by atoms with Crippen molar-refractivity contribution in [2.45, 2.75) is 25.9 Å². The van der Waals surface area contributed by atoms with Crippen LogP contribution in [-0.2, 0) is 25.9 Å². The third-order valence-corrected chi connectivity index (χ3v) is 6.70. The highest BCUT2D eigenvalue weighted by molar-refractivity contribution is 7.91. The Bertz CT molecular complexity index is 1000. The molecule has 1 aliphatic rings. The molecule has 1 atom stereocenters. The van der Waals surface area contributed by atoms with Crippen LogP contribution in [0, 0.1) is 6.92 Å². The van der Waals surface area contributed by atoms with Gasteiger partial charge in [0.25, 0.3) is 5.91 Å². The molecule has 0 unspecified atom stereocenters. The third-order valence-electron chi connectivity index (χ3n) is 4.95. The highest BCUT2D eigenvalue weighted by atomic mass is 32.2. The Morgan fingerprint density at radius 1 is 1.14 bits per heavy atom. The number of phenolic OH excluding ortho intramolecular Hbond substituents is 1. The van der Waals surface area contributed by atoms with E-state index in [1.165, 1.54) is 11.0 Å². The smallest absolute Gasteiger partial charge is 0.342 e. The van der Waals surface area contributed by atoms with Crippen LogP contribution in [0.15, 0.2) is 48.5 Å². The molecule has 1 N–H and O–H groups in total. The molecule has 2 aromatic rings. The number of hydrogen-bond acceptors (Lipinski definition) is 6. The van der Waals surface area contributed by atoms with Gasteiger partial charge in [0, 0.05) is 12.6 Å². The van der Waals surface area contributed by atoms with Gasteiger partial charge in [-0.15, -0.1) is 0 Å². The summed E-state index contributed by atoms with van der Waals surface area (Å²) in [6.07, 6.45) is 0.355. The van der Waals surface area contributed by atoms with Gasteiger partial charge in [0.05, 0.1) is 11.5 Å². The van der Waals surface area contributed by atoms with Crippen molar-refractivity contribution in [3.8, 4) is 5.75 Å². The number of aromatic hydroxyl groups is 1. The number of nitrogens with zero attached hydrogens (tertiary/aromatic N) is 1. The summed E-state index contributed by atoms with van der Waals surface area (Å²) in [6.45, 7) is 1.35. The molecule has 8 heteroatoms. The molecule has 1 fully saturated rings. The van der Waals surface area contributed by atoms with Crippen molar-refractivity contribution in [3.05, 3.63) is 65.2 Å². The lowest BCUT2D eigenvalue weighted by molar-refractivity contribution is -0.137. The molecule has 154 valence electrons. The topological polar surface area (TPSA) is 101 Å². The Morgan fingerprint density at radius 3 is 2.52 bits per heavy atom. The molecule has 29 heavy (non-hydrogen) atoms. The first-order valence-electron chi connectivity index (χ1n) is 9.26. The lowest BCUT2D eigenvalue weighted by Crippen LogP contribution is -2.42. The first-order valence-corrected chi connectivity index (χ1v) is 11.1. The number of aryl methyl sites for hydroxylation is 1. The average Bonchev–Trinajstić information content (AvgIpc) is 3.06. The molecule has 1 aliphatic heterocycles. The number of esters is 1. The maximum absolute atomic E-state index is 12.8. The van der Waals surface area contributed by atoms with E-state index < -0.39 is 34.4 Å². The monoisotopic (exact) mass is 417 g/mol. The molecule has 1 amide bonds. The number of ether oxygens (including phenoxy) is 1. The number of rotatable bonds is 6. The number of benzene rings is 2. The zero-order valence-corrected chi connectivity index (χ0v) is 16.9. The SMILES string of the molecule is Cc1cccc(C(=O)OCC(=O)N(Cc2ccccc2)[C@@H]2CCS(=O)(=O)C2)c1O. The van der Waals surface area contributed by atoms with Crippen molar-refractivity contribution in [2.75, 3.05) is 18.1 Å². The second-order valence-electron chi connectivity index (χ2n) is 7.11. The second kappa shape index (κ2) is 8.65. The van der Waals surface area contributed by atoms with E-state index in [0.717, 1.165) is 5.56 Å². The molecule has 0 saturated carbocycles. The number of phenols is 1. The Hall–Kier alpha value is -2.87. The zero-order chi connectivity index (χ0) is 21.0. The van der Waals surface area contributed by atoms with Crippen LogP contribution in [0.5, 0.6) is 5.75 Å². The van der Waals surface area contributed by atoms with Crippen molar-refractivity contribution >= 4 is 21.7 Å². The van der Waals surface area contributed by atoms with E-state index in [0.29, 0.717) is 12.0 Å². The molecular weight excluding hydrogens is 394 g/mol. The van der Waals surface area contributed by atoms with Crippen molar-refractivity contribution in [1.29, 1.82) is 0 Å². The maximum Gasteiger partial charge on any atom is 0.342 e. The van der Waals surface area contributed by atoms with Gasteiger partial charge >= 0.3 is 5.97 Å². The Morgan fingerprint density at radius 2 is 1.86 bits per heavy atom. The van der Waals surface area contributed by atoms with Crippen LogP contribution in [0.4, 0.5) is 0 Å². The fraction of sp³-hybridized carbons (Fsp3) is 0.333. The van der Waals surface area contributed by atoms with Gasteiger partial charge in [-0.05, 0) is 30.5 Å². The van der Waals surface area contributed by atoms with Crippen molar-refractivity contribution < 1.29 is 27.9 Å². The van der Waals surface area contributed by atoms with Gasteiger partial charge < -0.3 is 14.7 Å². The highest BCUT2D eigenvalue weighted by Gasteiger charge is 2.35. The van der Waals surface area contributed by atoms with Gasteiger partial charge in [-0.25, -0.2) is 13.2 Å². The summed E-state index contributed by atoms with van der Waals surface area (Å²) in [5.41, 5.74) is 1.36. The van der Waals surface area contributed by atoms with Crippen molar-refractivity contribution in [3.63, 3.8) is 0 Å². The van der Waals surface area contributed by atoms with E-state index in [4.69, 9.17) is 4.74 Å². The summed E-state index contributed by atoms with van der Waals surface area (Å²) in [6, 6.07) is 13.4. The molecule has 0 aromatic heterocycles. The molecule has 2 aromatic carbocycles. The van der Waals surface area contributed by atoms with Crippen molar-refractivity contribution in [1.82, 2.24) is 4.90 Å². The predicted molar refractivity (Wildman–Crippen MR) is 107 cm³/mol. The molecule has 0 radical (unpaired) electrons. The van der Waals surface area contributed by atoms with Crippen LogP contribution in [0.25, 0.3) is 0 Å². The summed E-state index contributed by atoms with van der Waals surface area (Å²) in [7, 11) is -3.19. The maximum atomic E-state index is 12.8. The van der Waals surface area contributed by atoms with E-state index in [1.54, 1.807) is 19.1 Å².